The zero-order valence-corrected chi connectivity index (χ0v) is 11.3. The summed E-state index contributed by atoms with van der Waals surface area (Å²) in [4.78, 5) is 0. The third kappa shape index (κ3) is 4.74. The number of sulfone groups is 2. The Hall–Kier alpha value is -1.08. The van der Waals surface area contributed by atoms with Gasteiger partial charge in [0.1, 0.15) is 6.26 Å². The molecule has 98 valence electrons. The Bertz CT molecular complexity index is 455. The molecule has 0 aromatic rings. The van der Waals surface area contributed by atoms with Crippen molar-refractivity contribution in [2.75, 3.05) is 18.1 Å². The molecule has 0 N–H and O–H groups in total. The van der Waals surface area contributed by atoms with E-state index in [2.05, 4.69) is 13.2 Å². The van der Waals surface area contributed by atoms with Gasteiger partial charge in [-0.2, -0.15) is 0 Å². The monoisotopic (exact) mass is 280 g/mol. The van der Waals surface area contributed by atoms with Gasteiger partial charge in [-0.15, -0.1) is 13.2 Å². The average molecular weight is 280 g/mol. The molecule has 0 aliphatic carbocycles. The summed E-state index contributed by atoms with van der Waals surface area (Å²) >= 11 is 0. The van der Waals surface area contributed by atoms with E-state index < -0.39 is 35.4 Å². The van der Waals surface area contributed by atoms with E-state index in [0.29, 0.717) is 0 Å². The van der Waals surface area contributed by atoms with Gasteiger partial charge in [0, 0.05) is 0 Å². The predicted octanol–water partition coefficient (Wildman–Crippen LogP) is 1.02. The Morgan fingerprint density at radius 3 is 1.76 bits per heavy atom. The highest BCUT2D eigenvalue weighted by Crippen LogP contribution is 2.17. The van der Waals surface area contributed by atoms with Gasteiger partial charge in [0.15, 0.2) is 23.9 Å². The van der Waals surface area contributed by atoms with Crippen LogP contribution in [0.2, 0.25) is 0 Å². The molecule has 0 fully saturated rings. The first kappa shape index (κ1) is 15.9. The number of hydrogen-bond acceptors (Lipinski definition) is 5. The number of rotatable bonds is 8. The van der Waals surface area contributed by atoms with Gasteiger partial charge in [0.25, 0.3) is 0 Å². The molecule has 0 unspecified atom stereocenters. The molecule has 7 heteroatoms. The van der Waals surface area contributed by atoms with Crippen molar-refractivity contribution in [2.24, 2.45) is 0 Å². The van der Waals surface area contributed by atoms with Crippen molar-refractivity contribution in [1.82, 2.24) is 0 Å². The maximum atomic E-state index is 11.7. The lowest BCUT2D eigenvalue weighted by Gasteiger charge is -2.07. The summed E-state index contributed by atoms with van der Waals surface area (Å²) in [6.07, 6.45) is 3.01. The molecule has 17 heavy (non-hydrogen) atoms. The molecule has 0 amide bonds. The highest BCUT2D eigenvalue weighted by atomic mass is 32.3. The maximum absolute atomic E-state index is 11.7. The minimum atomic E-state index is -3.94. The van der Waals surface area contributed by atoms with Crippen LogP contribution in [0.15, 0.2) is 35.8 Å². The lowest BCUT2D eigenvalue weighted by molar-refractivity contribution is 0.269. The van der Waals surface area contributed by atoms with Crippen LogP contribution in [0, 0.1) is 0 Å². The summed E-state index contributed by atoms with van der Waals surface area (Å²) in [6, 6.07) is 0. The minimum Gasteiger partial charge on any atom is -0.499 e. The van der Waals surface area contributed by atoms with E-state index in [1.807, 2.05) is 0 Å². The summed E-state index contributed by atoms with van der Waals surface area (Å²) in [5.41, 5.74) is 0. The fourth-order valence-electron chi connectivity index (χ4n) is 0.966. The van der Waals surface area contributed by atoms with Crippen molar-refractivity contribution < 1.29 is 21.6 Å². The van der Waals surface area contributed by atoms with Gasteiger partial charge >= 0.3 is 0 Å². The SMILES string of the molecule is C=CCS(=O)(=O)C(=COCC)S(=O)(=O)CC=C. The van der Waals surface area contributed by atoms with Crippen LogP contribution in [0.1, 0.15) is 6.92 Å². The van der Waals surface area contributed by atoms with Crippen molar-refractivity contribution in [3.05, 3.63) is 35.8 Å². The standard InChI is InChI=1S/C10H16O5S2/c1-4-7-16(11,12)10(9-15-6-3)17(13,14)8-5-2/h4-5,9H,1-2,6-8H2,3H3. The molecule has 0 aliphatic rings. The summed E-state index contributed by atoms with van der Waals surface area (Å²) in [5, 5.41) is 0. The molecule has 0 radical (unpaired) electrons. The van der Waals surface area contributed by atoms with Crippen molar-refractivity contribution in [3.63, 3.8) is 0 Å². The normalized spacial score (nSPS) is 11.6. The zero-order valence-electron chi connectivity index (χ0n) is 9.63. The number of hydrogen-bond donors (Lipinski definition) is 0. The average Bonchev–Trinajstić information content (AvgIpc) is 2.17. The Kier molecular flexibility index (Phi) is 6.19. The molecule has 0 saturated heterocycles. The highest BCUT2D eigenvalue weighted by Gasteiger charge is 2.29. The van der Waals surface area contributed by atoms with Crippen LogP contribution in [-0.4, -0.2) is 34.9 Å². The molecule has 5 nitrogen and oxygen atoms in total. The largest absolute Gasteiger partial charge is 0.499 e. The van der Waals surface area contributed by atoms with Gasteiger partial charge < -0.3 is 4.74 Å². The van der Waals surface area contributed by atoms with E-state index in [4.69, 9.17) is 4.74 Å². The van der Waals surface area contributed by atoms with Crippen molar-refractivity contribution in [2.45, 2.75) is 6.92 Å². The van der Waals surface area contributed by atoms with Crippen LogP contribution < -0.4 is 0 Å². The van der Waals surface area contributed by atoms with Gasteiger partial charge in [-0.1, -0.05) is 12.2 Å². The van der Waals surface area contributed by atoms with Crippen molar-refractivity contribution in [1.29, 1.82) is 0 Å². The fraction of sp³-hybridized carbons (Fsp3) is 0.400. The van der Waals surface area contributed by atoms with Crippen molar-refractivity contribution in [3.8, 4) is 0 Å². The first-order chi connectivity index (χ1) is 7.81. The van der Waals surface area contributed by atoms with Gasteiger partial charge in [0.2, 0.25) is 0 Å². The summed E-state index contributed by atoms with van der Waals surface area (Å²) in [6.45, 7) is 8.35. The van der Waals surface area contributed by atoms with E-state index in [1.165, 1.54) is 0 Å². The van der Waals surface area contributed by atoms with E-state index in [0.717, 1.165) is 18.4 Å². The van der Waals surface area contributed by atoms with E-state index in [1.54, 1.807) is 6.92 Å². The number of ether oxygens (including phenoxy) is 1. The summed E-state index contributed by atoms with van der Waals surface area (Å²) in [7, 11) is -7.88. The maximum Gasteiger partial charge on any atom is 0.195 e. The summed E-state index contributed by atoms with van der Waals surface area (Å²) < 4.78 is 50.9. The van der Waals surface area contributed by atoms with Gasteiger partial charge in [0.05, 0.1) is 18.1 Å². The molecule has 0 heterocycles. The Morgan fingerprint density at radius 1 is 1.06 bits per heavy atom. The van der Waals surface area contributed by atoms with Crippen LogP contribution in [0.4, 0.5) is 0 Å². The molecule has 0 aliphatic heterocycles. The van der Waals surface area contributed by atoms with Gasteiger partial charge in [-0.05, 0) is 6.92 Å². The van der Waals surface area contributed by atoms with Crippen LogP contribution in [0.3, 0.4) is 0 Å². The second-order valence-electron chi connectivity index (χ2n) is 3.03. The topological polar surface area (TPSA) is 77.5 Å². The Morgan fingerprint density at radius 2 is 1.47 bits per heavy atom. The zero-order chi connectivity index (χ0) is 13.5. The van der Waals surface area contributed by atoms with Gasteiger partial charge in [-0.3, -0.25) is 0 Å². The predicted molar refractivity (Wildman–Crippen MR) is 67.7 cm³/mol. The highest BCUT2D eigenvalue weighted by molar-refractivity contribution is 8.14. The van der Waals surface area contributed by atoms with E-state index >= 15 is 0 Å². The molecule has 0 aromatic carbocycles. The third-order valence-corrected chi connectivity index (χ3v) is 5.93. The molecule has 0 bridgehead atoms. The first-order valence-corrected chi connectivity index (χ1v) is 8.11. The second kappa shape index (κ2) is 6.61. The molecule has 0 saturated carbocycles. The fourth-order valence-corrected chi connectivity index (χ4v) is 4.30. The van der Waals surface area contributed by atoms with Crippen LogP contribution in [-0.2, 0) is 24.4 Å². The van der Waals surface area contributed by atoms with E-state index in [-0.39, 0.29) is 6.61 Å². The molecular formula is C10H16O5S2. The molecule has 0 atom stereocenters. The molecule has 0 spiro atoms. The first-order valence-electron chi connectivity index (χ1n) is 4.81. The minimum absolute atomic E-state index is 0.177. The second-order valence-corrected chi connectivity index (χ2v) is 7.30. The molecule has 0 aromatic heterocycles. The quantitative estimate of drug-likeness (QED) is 0.490. The lowest BCUT2D eigenvalue weighted by Crippen LogP contribution is -2.18. The van der Waals surface area contributed by atoms with Crippen LogP contribution >= 0.6 is 0 Å². The summed E-state index contributed by atoms with van der Waals surface area (Å²) in [5.74, 6) is -0.912. The molecule has 0 rings (SSSR count). The lowest BCUT2D eigenvalue weighted by atomic mass is 10.8. The van der Waals surface area contributed by atoms with Gasteiger partial charge in [-0.25, -0.2) is 16.8 Å². The molecular weight excluding hydrogens is 264 g/mol. The van der Waals surface area contributed by atoms with Crippen molar-refractivity contribution >= 4 is 19.7 Å². The van der Waals surface area contributed by atoms with E-state index in [9.17, 15) is 16.8 Å². The smallest absolute Gasteiger partial charge is 0.195 e. The Labute approximate surface area is 102 Å². The van der Waals surface area contributed by atoms with Crippen LogP contribution in [0.25, 0.3) is 0 Å². The van der Waals surface area contributed by atoms with Crippen LogP contribution in [0.5, 0.6) is 0 Å². The Balaban J connectivity index is 5.61. The third-order valence-electron chi connectivity index (χ3n) is 1.63.